The Hall–Kier alpha value is -1.73. The Balaban J connectivity index is 2.08. The summed E-state index contributed by atoms with van der Waals surface area (Å²) in [7, 11) is 0. The maximum Gasteiger partial charge on any atom is 0.390 e. The van der Waals surface area contributed by atoms with Gasteiger partial charge in [-0.05, 0) is 31.3 Å². The summed E-state index contributed by atoms with van der Waals surface area (Å²) < 4.78 is 36.8. The van der Waals surface area contributed by atoms with Gasteiger partial charge in [-0.2, -0.15) is 13.2 Å². The maximum absolute atomic E-state index is 12.3. The number of alkyl halides is 3. The van der Waals surface area contributed by atoms with Crippen LogP contribution in [0.4, 0.5) is 18.0 Å². The fourth-order valence-corrected chi connectivity index (χ4v) is 2.81. The Morgan fingerprint density at radius 3 is 2.71 bits per heavy atom. The molecule has 0 saturated carbocycles. The van der Waals surface area contributed by atoms with Gasteiger partial charge >= 0.3 is 12.2 Å². The van der Waals surface area contributed by atoms with E-state index in [0.717, 1.165) is 23.3 Å². The zero-order valence-electron chi connectivity index (χ0n) is 11.5. The van der Waals surface area contributed by atoms with Crippen LogP contribution in [-0.4, -0.2) is 36.1 Å². The molecule has 0 radical (unpaired) electrons. The summed E-state index contributed by atoms with van der Waals surface area (Å²) in [5.74, 6) is -1.05. The lowest BCUT2D eigenvalue weighted by molar-refractivity contribution is -0.136. The Labute approximate surface area is 120 Å². The third-order valence-electron chi connectivity index (χ3n) is 3.92. The maximum atomic E-state index is 12.3. The minimum absolute atomic E-state index is 0.228. The van der Waals surface area contributed by atoms with E-state index in [2.05, 4.69) is 5.32 Å². The number of nitrogens with two attached hydrogens (primary N) is 1. The predicted molar refractivity (Wildman–Crippen MR) is 69.0 cm³/mol. The molecule has 1 unspecified atom stereocenters. The minimum atomic E-state index is -4.30. The lowest BCUT2D eigenvalue weighted by Crippen LogP contribution is -2.42. The molecule has 8 heteroatoms. The molecule has 118 valence electrons. The van der Waals surface area contributed by atoms with Crippen molar-refractivity contribution >= 4 is 11.9 Å². The van der Waals surface area contributed by atoms with E-state index in [9.17, 15) is 22.8 Å². The van der Waals surface area contributed by atoms with E-state index < -0.39 is 30.5 Å². The molecule has 2 aliphatic rings. The van der Waals surface area contributed by atoms with E-state index in [-0.39, 0.29) is 13.1 Å². The SMILES string of the molecule is NC(=O)C1CCCC2=C1NC(=O)N(CCC(F)(F)F)CC2. The van der Waals surface area contributed by atoms with Gasteiger partial charge in [-0.15, -0.1) is 0 Å². The first-order valence-corrected chi connectivity index (χ1v) is 6.92. The van der Waals surface area contributed by atoms with E-state index in [0.29, 0.717) is 18.5 Å². The van der Waals surface area contributed by atoms with Crippen LogP contribution in [0, 0.1) is 5.92 Å². The van der Waals surface area contributed by atoms with Gasteiger partial charge in [0.05, 0.1) is 12.3 Å². The molecule has 0 aromatic heterocycles. The molecule has 21 heavy (non-hydrogen) atoms. The molecule has 1 aliphatic heterocycles. The van der Waals surface area contributed by atoms with Crippen LogP contribution in [0.3, 0.4) is 0 Å². The second-order valence-corrected chi connectivity index (χ2v) is 5.40. The minimum Gasteiger partial charge on any atom is -0.369 e. The Bertz CT molecular complexity index is 474. The molecule has 1 heterocycles. The first kappa shape index (κ1) is 15.7. The zero-order valence-corrected chi connectivity index (χ0v) is 11.5. The van der Waals surface area contributed by atoms with Crippen molar-refractivity contribution in [3.63, 3.8) is 0 Å². The Kier molecular flexibility index (Phi) is 4.43. The molecular weight excluding hydrogens is 287 g/mol. The molecule has 1 aliphatic carbocycles. The topological polar surface area (TPSA) is 75.4 Å². The second-order valence-electron chi connectivity index (χ2n) is 5.40. The van der Waals surface area contributed by atoms with Crippen LogP contribution >= 0.6 is 0 Å². The van der Waals surface area contributed by atoms with Crippen molar-refractivity contribution < 1.29 is 22.8 Å². The van der Waals surface area contributed by atoms with Crippen LogP contribution in [-0.2, 0) is 4.79 Å². The van der Waals surface area contributed by atoms with Gasteiger partial charge in [0.25, 0.3) is 0 Å². The van der Waals surface area contributed by atoms with Crippen molar-refractivity contribution in [2.75, 3.05) is 13.1 Å². The average Bonchev–Trinajstić information content (AvgIpc) is 2.53. The van der Waals surface area contributed by atoms with E-state index in [1.807, 2.05) is 0 Å². The van der Waals surface area contributed by atoms with Gasteiger partial charge in [0, 0.05) is 18.8 Å². The zero-order chi connectivity index (χ0) is 15.6. The summed E-state index contributed by atoms with van der Waals surface area (Å²) in [6, 6.07) is -0.586. The highest BCUT2D eigenvalue weighted by molar-refractivity contribution is 5.84. The number of nitrogens with one attached hydrogen (secondary N) is 1. The molecule has 3 N–H and O–H groups in total. The number of urea groups is 1. The van der Waals surface area contributed by atoms with Crippen molar-refractivity contribution in [1.29, 1.82) is 0 Å². The average molecular weight is 305 g/mol. The van der Waals surface area contributed by atoms with E-state index in [1.165, 1.54) is 0 Å². The molecule has 0 spiro atoms. The molecule has 0 aromatic rings. The van der Waals surface area contributed by atoms with Gasteiger partial charge in [-0.25, -0.2) is 4.79 Å². The van der Waals surface area contributed by atoms with Gasteiger partial charge < -0.3 is 16.0 Å². The first-order valence-electron chi connectivity index (χ1n) is 6.92. The highest BCUT2D eigenvalue weighted by Gasteiger charge is 2.34. The Morgan fingerprint density at radius 1 is 1.38 bits per heavy atom. The molecule has 1 atom stereocenters. The normalized spacial score (nSPS) is 23.5. The fourth-order valence-electron chi connectivity index (χ4n) is 2.81. The highest BCUT2D eigenvalue weighted by Crippen LogP contribution is 2.32. The van der Waals surface area contributed by atoms with Gasteiger partial charge in [0.15, 0.2) is 0 Å². The smallest absolute Gasteiger partial charge is 0.369 e. The number of primary amides is 1. The van der Waals surface area contributed by atoms with Gasteiger partial charge in [0.2, 0.25) is 5.91 Å². The number of amides is 3. The molecule has 0 saturated heterocycles. The number of rotatable bonds is 3. The van der Waals surface area contributed by atoms with Crippen molar-refractivity contribution in [1.82, 2.24) is 10.2 Å². The summed E-state index contributed by atoms with van der Waals surface area (Å²) in [5, 5.41) is 2.60. The quantitative estimate of drug-likeness (QED) is 0.835. The number of hydrogen-bond acceptors (Lipinski definition) is 2. The van der Waals surface area contributed by atoms with Gasteiger partial charge in [-0.1, -0.05) is 0 Å². The Morgan fingerprint density at radius 2 is 2.10 bits per heavy atom. The number of hydrogen-bond donors (Lipinski definition) is 2. The molecular formula is C13H18F3N3O2. The highest BCUT2D eigenvalue weighted by atomic mass is 19.4. The lowest BCUT2D eigenvalue weighted by atomic mass is 9.85. The molecule has 3 amide bonds. The van der Waals surface area contributed by atoms with Crippen LogP contribution in [0.2, 0.25) is 0 Å². The van der Waals surface area contributed by atoms with Crippen LogP contribution in [0.5, 0.6) is 0 Å². The first-order chi connectivity index (χ1) is 9.78. The van der Waals surface area contributed by atoms with E-state index >= 15 is 0 Å². The monoisotopic (exact) mass is 305 g/mol. The van der Waals surface area contributed by atoms with Crippen molar-refractivity contribution in [3.8, 4) is 0 Å². The van der Waals surface area contributed by atoms with E-state index in [4.69, 9.17) is 5.73 Å². The second kappa shape index (κ2) is 5.95. The summed E-state index contributed by atoms with van der Waals surface area (Å²) in [6.45, 7) is -0.149. The lowest BCUT2D eigenvalue weighted by Gasteiger charge is -2.25. The predicted octanol–water partition coefficient (Wildman–Crippen LogP) is 1.89. The summed E-state index contributed by atoms with van der Waals surface area (Å²) in [6.07, 6.45) is -2.75. The van der Waals surface area contributed by atoms with Crippen LogP contribution in [0.25, 0.3) is 0 Å². The number of carbonyl (C=O) groups excluding carboxylic acids is 2. The van der Waals surface area contributed by atoms with Crippen LogP contribution < -0.4 is 11.1 Å². The third kappa shape index (κ3) is 3.89. The van der Waals surface area contributed by atoms with Gasteiger partial charge in [-0.3, -0.25) is 4.79 Å². The fraction of sp³-hybridized carbons (Fsp3) is 0.692. The van der Waals surface area contributed by atoms with Gasteiger partial charge in [0.1, 0.15) is 0 Å². The molecule has 0 fully saturated rings. The van der Waals surface area contributed by atoms with Crippen LogP contribution in [0.1, 0.15) is 32.1 Å². The van der Waals surface area contributed by atoms with Crippen molar-refractivity contribution in [2.45, 2.75) is 38.3 Å². The van der Waals surface area contributed by atoms with Crippen molar-refractivity contribution in [3.05, 3.63) is 11.3 Å². The largest absolute Gasteiger partial charge is 0.390 e. The number of carbonyl (C=O) groups is 2. The summed E-state index contributed by atoms with van der Waals surface area (Å²) in [4.78, 5) is 24.6. The third-order valence-corrected chi connectivity index (χ3v) is 3.92. The standard InChI is InChI=1S/C13H18F3N3O2/c14-13(15,16)5-7-19-6-4-8-2-1-3-9(11(17)20)10(8)18-12(19)21/h9H,1-7H2,(H2,17,20)(H,18,21). The molecule has 0 bridgehead atoms. The molecule has 5 nitrogen and oxygen atoms in total. The summed E-state index contributed by atoms with van der Waals surface area (Å²) >= 11 is 0. The van der Waals surface area contributed by atoms with E-state index in [1.54, 1.807) is 0 Å². The molecule has 2 rings (SSSR count). The summed E-state index contributed by atoms with van der Waals surface area (Å²) in [5.41, 5.74) is 6.77. The van der Waals surface area contributed by atoms with Crippen LogP contribution in [0.15, 0.2) is 11.3 Å². The number of halogens is 3. The number of nitrogens with zero attached hydrogens (tertiary/aromatic N) is 1. The van der Waals surface area contributed by atoms with Crippen molar-refractivity contribution in [2.24, 2.45) is 11.7 Å². The molecule has 0 aromatic carbocycles.